The molecular formula is C11H18N2O. The van der Waals surface area contributed by atoms with Crippen LogP contribution in [0.5, 0.6) is 0 Å². The smallest absolute Gasteiger partial charge is 0.234 e. The predicted octanol–water partition coefficient (Wildman–Crippen LogP) is 1.84. The second kappa shape index (κ2) is 4.45. The fourth-order valence-electron chi connectivity index (χ4n) is 1.79. The van der Waals surface area contributed by atoms with E-state index in [-0.39, 0.29) is 17.7 Å². The molecule has 0 spiro atoms. The van der Waals surface area contributed by atoms with Gasteiger partial charge in [0.25, 0.3) is 0 Å². The Hall–Kier alpha value is -1.04. The summed E-state index contributed by atoms with van der Waals surface area (Å²) in [6.07, 6.45) is 3.85. The topological polar surface area (TPSA) is 52.9 Å². The third-order valence-electron chi connectivity index (χ3n) is 3.19. The van der Waals surface area contributed by atoms with Crippen molar-refractivity contribution in [2.24, 2.45) is 11.3 Å². The van der Waals surface area contributed by atoms with E-state index in [1.807, 2.05) is 6.07 Å². The second-order valence-electron chi connectivity index (χ2n) is 4.73. The van der Waals surface area contributed by atoms with Crippen molar-refractivity contribution >= 4 is 5.91 Å². The van der Waals surface area contributed by atoms with Gasteiger partial charge in [-0.3, -0.25) is 4.79 Å². The Balaban J connectivity index is 2.28. The fourth-order valence-corrected chi connectivity index (χ4v) is 1.79. The van der Waals surface area contributed by atoms with Crippen LogP contribution in [-0.2, 0) is 4.79 Å². The first-order chi connectivity index (χ1) is 6.56. The number of rotatable bonds is 4. The van der Waals surface area contributed by atoms with Crippen molar-refractivity contribution in [3.8, 4) is 6.07 Å². The Morgan fingerprint density at radius 1 is 1.57 bits per heavy atom. The molecule has 0 aromatic heterocycles. The Labute approximate surface area is 85.5 Å². The zero-order chi connectivity index (χ0) is 10.6. The Bertz CT molecular complexity index is 249. The van der Waals surface area contributed by atoms with Crippen LogP contribution in [-0.4, -0.2) is 12.5 Å². The summed E-state index contributed by atoms with van der Waals surface area (Å²) < 4.78 is 0. The van der Waals surface area contributed by atoms with E-state index in [0.717, 1.165) is 5.92 Å². The molecule has 1 saturated carbocycles. The molecule has 0 atom stereocenters. The van der Waals surface area contributed by atoms with E-state index < -0.39 is 0 Å². The summed E-state index contributed by atoms with van der Waals surface area (Å²) in [6, 6.07) is 1.85. The van der Waals surface area contributed by atoms with Crippen LogP contribution in [0.15, 0.2) is 0 Å². The van der Waals surface area contributed by atoms with Gasteiger partial charge in [0.15, 0.2) is 0 Å². The van der Waals surface area contributed by atoms with Crippen molar-refractivity contribution in [3.63, 3.8) is 0 Å². The first-order valence-corrected chi connectivity index (χ1v) is 5.20. The van der Waals surface area contributed by atoms with Gasteiger partial charge in [0.05, 0.1) is 6.07 Å². The molecule has 0 aliphatic heterocycles. The van der Waals surface area contributed by atoms with E-state index in [0.29, 0.717) is 6.54 Å². The summed E-state index contributed by atoms with van der Waals surface area (Å²) in [7, 11) is 0. The number of hydrogen-bond donors (Lipinski definition) is 1. The number of hydrogen-bond acceptors (Lipinski definition) is 2. The maximum absolute atomic E-state index is 11.1. The number of nitrogens with one attached hydrogen (secondary N) is 1. The van der Waals surface area contributed by atoms with E-state index in [9.17, 15) is 4.79 Å². The van der Waals surface area contributed by atoms with E-state index in [2.05, 4.69) is 19.2 Å². The van der Waals surface area contributed by atoms with Gasteiger partial charge in [0.1, 0.15) is 6.42 Å². The van der Waals surface area contributed by atoms with Crippen molar-refractivity contribution in [2.45, 2.75) is 39.5 Å². The minimum atomic E-state index is -0.153. The molecule has 1 fully saturated rings. The number of amides is 1. The Morgan fingerprint density at radius 3 is 2.64 bits per heavy atom. The molecule has 0 radical (unpaired) electrons. The van der Waals surface area contributed by atoms with Crippen molar-refractivity contribution in [3.05, 3.63) is 0 Å². The highest BCUT2D eigenvalue weighted by atomic mass is 16.1. The highest BCUT2D eigenvalue weighted by molar-refractivity contribution is 5.77. The van der Waals surface area contributed by atoms with Crippen LogP contribution in [0.1, 0.15) is 39.5 Å². The van der Waals surface area contributed by atoms with Crippen molar-refractivity contribution in [2.75, 3.05) is 6.54 Å². The molecule has 0 bridgehead atoms. The number of nitriles is 1. The van der Waals surface area contributed by atoms with Gasteiger partial charge in [-0.25, -0.2) is 0 Å². The molecule has 0 saturated heterocycles. The average Bonchev–Trinajstić information content (AvgIpc) is 1.97. The molecular weight excluding hydrogens is 176 g/mol. The van der Waals surface area contributed by atoms with Crippen molar-refractivity contribution < 1.29 is 4.79 Å². The molecule has 1 aliphatic rings. The number of nitrogens with zero attached hydrogens (tertiary/aromatic N) is 1. The average molecular weight is 194 g/mol. The van der Waals surface area contributed by atoms with Gasteiger partial charge in [-0.05, 0) is 24.2 Å². The zero-order valence-electron chi connectivity index (χ0n) is 8.97. The minimum Gasteiger partial charge on any atom is -0.355 e. The van der Waals surface area contributed by atoms with Crippen LogP contribution in [0, 0.1) is 22.7 Å². The number of carbonyl (C=O) groups is 1. The summed E-state index contributed by atoms with van der Waals surface area (Å²) in [5, 5.41) is 11.1. The molecule has 3 nitrogen and oxygen atoms in total. The first-order valence-electron chi connectivity index (χ1n) is 5.20. The van der Waals surface area contributed by atoms with Crippen LogP contribution < -0.4 is 5.32 Å². The maximum Gasteiger partial charge on any atom is 0.234 e. The van der Waals surface area contributed by atoms with Crippen molar-refractivity contribution in [1.82, 2.24) is 5.32 Å². The van der Waals surface area contributed by atoms with E-state index in [1.54, 1.807) is 0 Å². The second-order valence-corrected chi connectivity index (χ2v) is 4.73. The Morgan fingerprint density at radius 2 is 2.21 bits per heavy atom. The molecule has 1 amide bonds. The fraction of sp³-hybridized carbons (Fsp3) is 0.818. The summed E-state index contributed by atoms with van der Waals surface area (Å²) >= 11 is 0. The Kier molecular flexibility index (Phi) is 3.51. The highest BCUT2D eigenvalue weighted by Gasteiger charge is 2.33. The summed E-state index contributed by atoms with van der Waals surface area (Å²) in [5.74, 6) is 0.588. The van der Waals surface area contributed by atoms with Crippen LogP contribution in [0.2, 0.25) is 0 Å². The normalized spacial score (nSPS) is 16.9. The van der Waals surface area contributed by atoms with Crippen LogP contribution in [0.25, 0.3) is 0 Å². The van der Waals surface area contributed by atoms with Gasteiger partial charge in [-0.1, -0.05) is 20.3 Å². The lowest BCUT2D eigenvalue weighted by Crippen LogP contribution is -2.40. The molecule has 1 N–H and O–H groups in total. The van der Waals surface area contributed by atoms with Crippen LogP contribution in [0.4, 0.5) is 0 Å². The SMILES string of the molecule is CC(C)(CNC(=O)CC#N)C1CCC1. The van der Waals surface area contributed by atoms with E-state index in [1.165, 1.54) is 19.3 Å². The maximum atomic E-state index is 11.1. The molecule has 78 valence electrons. The molecule has 0 aromatic rings. The third kappa shape index (κ3) is 2.73. The standard InChI is InChI=1S/C11H18N2O/c1-11(2,9-4-3-5-9)8-13-10(14)6-7-12/h9H,3-6,8H2,1-2H3,(H,13,14). The van der Waals surface area contributed by atoms with Crippen LogP contribution in [0.3, 0.4) is 0 Å². The zero-order valence-corrected chi connectivity index (χ0v) is 8.97. The molecule has 1 rings (SSSR count). The monoisotopic (exact) mass is 194 g/mol. The molecule has 14 heavy (non-hydrogen) atoms. The van der Waals surface area contributed by atoms with E-state index >= 15 is 0 Å². The first kappa shape index (κ1) is 11.0. The summed E-state index contributed by atoms with van der Waals surface area (Å²) in [4.78, 5) is 11.1. The highest BCUT2D eigenvalue weighted by Crippen LogP contribution is 2.41. The van der Waals surface area contributed by atoms with Gasteiger partial charge >= 0.3 is 0 Å². The van der Waals surface area contributed by atoms with Crippen LogP contribution >= 0.6 is 0 Å². The van der Waals surface area contributed by atoms with E-state index in [4.69, 9.17) is 5.26 Å². The van der Waals surface area contributed by atoms with Gasteiger partial charge in [-0.15, -0.1) is 0 Å². The minimum absolute atomic E-state index is 0.0270. The third-order valence-corrected chi connectivity index (χ3v) is 3.19. The lowest BCUT2D eigenvalue weighted by molar-refractivity contribution is -0.120. The summed E-state index contributed by atoms with van der Waals surface area (Å²) in [6.45, 7) is 5.06. The molecule has 0 heterocycles. The lowest BCUT2D eigenvalue weighted by Gasteiger charge is -2.40. The quantitative estimate of drug-likeness (QED) is 0.742. The molecule has 1 aliphatic carbocycles. The predicted molar refractivity (Wildman–Crippen MR) is 54.4 cm³/mol. The van der Waals surface area contributed by atoms with Gasteiger partial charge in [0, 0.05) is 6.54 Å². The molecule has 3 heteroatoms. The summed E-state index contributed by atoms with van der Waals surface area (Å²) in [5.41, 5.74) is 0.184. The molecule has 0 aromatic carbocycles. The lowest BCUT2D eigenvalue weighted by atomic mass is 9.67. The molecule has 0 unspecified atom stereocenters. The van der Waals surface area contributed by atoms with Gasteiger partial charge in [-0.2, -0.15) is 5.26 Å². The largest absolute Gasteiger partial charge is 0.355 e. The van der Waals surface area contributed by atoms with Gasteiger partial charge < -0.3 is 5.32 Å². The van der Waals surface area contributed by atoms with Crippen molar-refractivity contribution in [1.29, 1.82) is 5.26 Å². The van der Waals surface area contributed by atoms with Gasteiger partial charge in [0.2, 0.25) is 5.91 Å². The number of carbonyl (C=O) groups excluding carboxylic acids is 1.